The number of nitrogens with one attached hydrogen (secondary N) is 2. The van der Waals surface area contributed by atoms with E-state index in [1.54, 1.807) is 42.3 Å². The summed E-state index contributed by atoms with van der Waals surface area (Å²) in [6.07, 6.45) is 10.1. The molecule has 8 heteroatoms. The van der Waals surface area contributed by atoms with Gasteiger partial charge in [-0.25, -0.2) is 4.79 Å². The summed E-state index contributed by atoms with van der Waals surface area (Å²) >= 11 is 4.17. The van der Waals surface area contributed by atoms with Crippen LogP contribution in [0.25, 0.3) is 0 Å². The maximum Gasteiger partial charge on any atom is 0.323 e. The number of carbonyl (C=O) groups excluding carboxylic acids is 2. The number of hydrogen-bond acceptors (Lipinski definition) is 5. The average molecular weight is 516 g/mol. The van der Waals surface area contributed by atoms with Crippen molar-refractivity contribution in [1.82, 2.24) is 4.90 Å². The molecule has 2 aromatic carbocycles. The molecule has 0 unspecified atom stereocenters. The van der Waals surface area contributed by atoms with E-state index in [0.29, 0.717) is 41.6 Å². The zero-order chi connectivity index (χ0) is 26.2. The van der Waals surface area contributed by atoms with Crippen molar-refractivity contribution in [3.05, 3.63) is 48.0 Å². The summed E-state index contributed by atoms with van der Waals surface area (Å²) in [7, 11) is 3.23. The highest BCUT2D eigenvalue weighted by molar-refractivity contribution is 7.80. The maximum absolute atomic E-state index is 12.6. The number of unbranched alkanes of at least 4 members (excludes halogenated alkanes) is 7. The molecule has 198 valence electrons. The molecule has 0 aromatic heterocycles. The summed E-state index contributed by atoms with van der Waals surface area (Å²) in [4.78, 5) is 26.8. The minimum absolute atomic E-state index is 0.155. The van der Waals surface area contributed by atoms with Crippen LogP contribution >= 0.6 is 12.6 Å². The van der Waals surface area contributed by atoms with E-state index in [1.165, 1.54) is 52.1 Å². The van der Waals surface area contributed by atoms with Gasteiger partial charge in [0.25, 0.3) is 5.91 Å². The number of methoxy groups -OCH3 is 1. The molecule has 0 saturated heterocycles. The summed E-state index contributed by atoms with van der Waals surface area (Å²) in [6.45, 7) is 3.46. The number of anilines is 2. The molecule has 0 aliphatic rings. The second-order valence-corrected chi connectivity index (χ2v) is 9.24. The third-order valence-corrected chi connectivity index (χ3v) is 6.06. The Balaban J connectivity index is 1.81. The Labute approximate surface area is 221 Å². The number of hydrogen-bond donors (Lipinski definition) is 3. The van der Waals surface area contributed by atoms with E-state index in [0.717, 1.165) is 12.2 Å². The van der Waals surface area contributed by atoms with Crippen LogP contribution in [-0.2, 0) is 0 Å². The average Bonchev–Trinajstić information content (AvgIpc) is 2.88. The van der Waals surface area contributed by atoms with E-state index in [2.05, 4.69) is 30.2 Å². The predicted octanol–water partition coefficient (Wildman–Crippen LogP) is 6.86. The second-order valence-electron chi connectivity index (χ2n) is 8.79. The van der Waals surface area contributed by atoms with Crippen molar-refractivity contribution in [3.8, 4) is 11.5 Å². The first kappa shape index (κ1) is 29.4. The van der Waals surface area contributed by atoms with Crippen molar-refractivity contribution in [2.45, 2.75) is 58.3 Å². The first-order chi connectivity index (χ1) is 17.5. The van der Waals surface area contributed by atoms with Gasteiger partial charge in [-0.3, -0.25) is 4.79 Å². The highest BCUT2D eigenvalue weighted by Crippen LogP contribution is 2.26. The Morgan fingerprint density at radius 1 is 0.917 bits per heavy atom. The number of ether oxygens (including phenoxy) is 2. The number of amides is 3. The van der Waals surface area contributed by atoms with Gasteiger partial charge < -0.3 is 25.0 Å². The zero-order valence-corrected chi connectivity index (χ0v) is 22.7. The van der Waals surface area contributed by atoms with Gasteiger partial charge in [0, 0.05) is 30.6 Å². The number of benzene rings is 2. The minimum Gasteiger partial charge on any atom is -0.495 e. The summed E-state index contributed by atoms with van der Waals surface area (Å²) in [6, 6.07) is 11.8. The fraction of sp³-hybridized carbons (Fsp3) is 0.500. The zero-order valence-electron chi connectivity index (χ0n) is 21.8. The largest absolute Gasteiger partial charge is 0.495 e. The van der Waals surface area contributed by atoms with Crippen LogP contribution in [-0.4, -0.2) is 49.9 Å². The van der Waals surface area contributed by atoms with Crippen LogP contribution in [0.5, 0.6) is 11.5 Å². The predicted molar refractivity (Wildman–Crippen MR) is 151 cm³/mol. The van der Waals surface area contributed by atoms with E-state index < -0.39 is 6.03 Å². The second kappa shape index (κ2) is 16.7. The quantitative estimate of drug-likeness (QED) is 0.169. The van der Waals surface area contributed by atoms with E-state index in [-0.39, 0.29) is 5.91 Å². The Bertz CT molecular complexity index is 937. The highest BCUT2D eigenvalue weighted by Gasteiger charge is 2.15. The fourth-order valence-corrected chi connectivity index (χ4v) is 4.06. The van der Waals surface area contributed by atoms with Crippen molar-refractivity contribution in [2.24, 2.45) is 0 Å². The molecule has 0 aliphatic carbocycles. The van der Waals surface area contributed by atoms with Crippen molar-refractivity contribution in [2.75, 3.05) is 43.7 Å². The van der Waals surface area contributed by atoms with Gasteiger partial charge in [-0.2, -0.15) is 12.6 Å². The molecule has 0 heterocycles. The van der Waals surface area contributed by atoms with Gasteiger partial charge in [0.15, 0.2) is 0 Å². The molecule has 0 saturated carbocycles. The molecule has 2 aromatic rings. The number of urea groups is 1. The lowest BCUT2D eigenvalue weighted by Crippen LogP contribution is -2.28. The molecule has 3 amide bonds. The summed E-state index contributed by atoms with van der Waals surface area (Å²) in [5.74, 6) is 1.65. The van der Waals surface area contributed by atoms with Crippen molar-refractivity contribution in [3.63, 3.8) is 0 Å². The first-order valence-electron chi connectivity index (χ1n) is 12.8. The Morgan fingerprint density at radius 3 is 2.22 bits per heavy atom. The van der Waals surface area contributed by atoms with Crippen LogP contribution in [0.3, 0.4) is 0 Å². The molecule has 0 atom stereocenters. The van der Waals surface area contributed by atoms with Gasteiger partial charge in [-0.1, -0.05) is 51.9 Å². The van der Waals surface area contributed by atoms with Gasteiger partial charge >= 0.3 is 6.03 Å². The summed E-state index contributed by atoms with van der Waals surface area (Å²) < 4.78 is 11.2. The molecule has 0 fully saturated rings. The lowest BCUT2D eigenvalue weighted by Gasteiger charge is -2.17. The van der Waals surface area contributed by atoms with Crippen LogP contribution in [0.1, 0.15) is 68.6 Å². The molecular formula is C28H41N3O4S. The molecule has 0 aliphatic heterocycles. The number of carbonyl (C=O) groups is 2. The van der Waals surface area contributed by atoms with Crippen molar-refractivity contribution in [1.29, 1.82) is 0 Å². The van der Waals surface area contributed by atoms with Gasteiger partial charge in [0.1, 0.15) is 11.5 Å². The molecule has 7 nitrogen and oxygen atoms in total. The lowest BCUT2D eigenvalue weighted by molar-refractivity contribution is 0.0804. The fourth-order valence-electron chi connectivity index (χ4n) is 3.76. The standard InChI is InChI=1S/C28H41N3O4S/c1-4-5-6-7-8-9-10-11-19-35-24-15-13-23(14-16-24)29-28(33)30-25-21-22(12-17-26(25)34-3)27(32)31(2)18-20-36/h12-17,21,36H,4-11,18-20H2,1-3H3,(H2,29,30,33). The van der Waals surface area contributed by atoms with Gasteiger partial charge in [0.2, 0.25) is 0 Å². The SMILES string of the molecule is CCCCCCCCCCOc1ccc(NC(=O)Nc2cc(C(=O)N(C)CCS)ccc2OC)cc1. The minimum atomic E-state index is -0.436. The third-order valence-electron chi connectivity index (χ3n) is 5.86. The van der Waals surface area contributed by atoms with Crippen LogP contribution in [0.2, 0.25) is 0 Å². The topological polar surface area (TPSA) is 79.9 Å². The molecule has 0 bridgehead atoms. The van der Waals surface area contributed by atoms with Gasteiger partial charge in [-0.15, -0.1) is 0 Å². The Hall–Kier alpha value is -2.87. The van der Waals surface area contributed by atoms with Crippen LogP contribution in [0.4, 0.5) is 16.2 Å². The molecule has 0 spiro atoms. The molecule has 2 N–H and O–H groups in total. The van der Waals surface area contributed by atoms with Crippen molar-refractivity contribution >= 4 is 35.9 Å². The van der Waals surface area contributed by atoms with Crippen molar-refractivity contribution < 1.29 is 19.1 Å². The lowest BCUT2D eigenvalue weighted by atomic mass is 10.1. The normalized spacial score (nSPS) is 10.6. The number of rotatable bonds is 16. The molecule has 0 radical (unpaired) electrons. The van der Waals surface area contributed by atoms with Gasteiger partial charge in [-0.05, 0) is 48.9 Å². The van der Waals surface area contributed by atoms with Crippen LogP contribution < -0.4 is 20.1 Å². The Kier molecular flexibility index (Phi) is 13.7. The highest BCUT2D eigenvalue weighted by atomic mass is 32.1. The molecule has 36 heavy (non-hydrogen) atoms. The van der Waals surface area contributed by atoms with E-state index in [4.69, 9.17) is 9.47 Å². The van der Waals surface area contributed by atoms with Crippen LogP contribution in [0.15, 0.2) is 42.5 Å². The molecular weight excluding hydrogens is 474 g/mol. The first-order valence-corrected chi connectivity index (χ1v) is 13.5. The smallest absolute Gasteiger partial charge is 0.323 e. The Morgan fingerprint density at radius 2 is 1.58 bits per heavy atom. The van der Waals surface area contributed by atoms with Gasteiger partial charge in [0.05, 0.1) is 19.4 Å². The van der Waals surface area contributed by atoms with E-state index >= 15 is 0 Å². The van der Waals surface area contributed by atoms with E-state index in [1.807, 2.05) is 12.1 Å². The maximum atomic E-state index is 12.6. The van der Waals surface area contributed by atoms with E-state index in [9.17, 15) is 9.59 Å². The number of nitrogens with zero attached hydrogens (tertiary/aromatic N) is 1. The van der Waals surface area contributed by atoms with Crippen LogP contribution in [0, 0.1) is 0 Å². The monoisotopic (exact) mass is 515 g/mol. The summed E-state index contributed by atoms with van der Waals surface area (Å²) in [5.41, 5.74) is 1.49. The third kappa shape index (κ3) is 10.4. The number of thiol groups is 1. The molecule has 2 rings (SSSR count). The summed E-state index contributed by atoms with van der Waals surface area (Å²) in [5, 5.41) is 5.57.